The molecule has 1 aromatic rings. The molecule has 3 atom stereocenters. The maximum absolute atomic E-state index is 12.7. The molecule has 130 valence electrons. The number of carbonyl (C=O) groups excluding carboxylic acids is 1. The van der Waals surface area contributed by atoms with Crippen molar-refractivity contribution in [2.24, 2.45) is 5.92 Å². The maximum atomic E-state index is 12.7. The van der Waals surface area contributed by atoms with Gasteiger partial charge >= 0.3 is 0 Å². The summed E-state index contributed by atoms with van der Waals surface area (Å²) in [7, 11) is -3.68. The van der Waals surface area contributed by atoms with Crippen LogP contribution in [0.1, 0.15) is 38.7 Å². The van der Waals surface area contributed by atoms with Gasteiger partial charge in [0.1, 0.15) is 5.60 Å². The number of sulfonamides is 1. The molecule has 0 radical (unpaired) electrons. The van der Waals surface area contributed by atoms with E-state index in [0.29, 0.717) is 24.8 Å². The lowest BCUT2D eigenvalue weighted by atomic mass is 9.70. The normalized spacial score (nSPS) is 33.2. The van der Waals surface area contributed by atoms with Crippen LogP contribution in [-0.4, -0.2) is 30.4 Å². The predicted octanol–water partition coefficient (Wildman–Crippen LogP) is 2.09. The lowest BCUT2D eigenvalue weighted by Gasteiger charge is -2.42. The fourth-order valence-corrected chi connectivity index (χ4v) is 5.41. The molecule has 0 amide bonds. The number of nitrogens with one attached hydrogen (secondary N) is 1. The Labute approximate surface area is 142 Å². The van der Waals surface area contributed by atoms with Gasteiger partial charge in [-0.1, -0.05) is 23.8 Å². The summed E-state index contributed by atoms with van der Waals surface area (Å²) in [6.07, 6.45) is 3.02. The highest BCUT2D eigenvalue weighted by Crippen LogP contribution is 2.47. The third-order valence-corrected chi connectivity index (χ3v) is 6.87. The Morgan fingerprint density at radius 1 is 1.21 bits per heavy atom. The van der Waals surface area contributed by atoms with Crippen LogP contribution in [0.25, 0.3) is 0 Å². The fourth-order valence-electron chi connectivity index (χ4n) is 4.04. The molecule has 0 aliphatic heterocycles. The third-order valence-electron chi connectivity index (χ3n) is 5.24. The molecule has 6 heteroatoms. The van der Waals surface area contributed by atoms with E-state index in [1.165, 1.54) is 0 Å². The number of benzene rings is 1. The molecule has 0 aromatic heterocycles. The Balaban J connectivity index is 1.93. The lowest BCUT2D eigenvalue weighted by Crippen LogP contribution is -2.54. The topological polar surface area (TPSA) is 83.5 Å². The van der Waals surface area contributed by atoms with E-state index in [4.69, 9.17) is 0 Å². The first-order valence-corrected chi connectivity index (χ1v) is 9.61. The van der Waals surface area contributed by atoms with E-state index in [1.54, 1.807) is 44.2 Å². The summed E-state index contributed by atoms with van der Waals surface area (Å²) >= 11 is 0. The highest BCUT2D eigenvalue weighted by atomic mass is 32.2. The predicted molar refractivity (Wildman–Crippen MR) is 91.0 cm³/mol. The minimum absolute atomic E-state index is 0.162. The monoisotopic (exact) mass is 349 g/mol. The van der Waals surface area contributed by atoms with Crippen LogP contribution in [0.15, 0.2) is 40.8 Å². The molecular formula is C18H23NO4S. The molecule has 3 rings (SSSR count). The smallest absolute Gasteiger partial charge is 0.241 e. The quantitative estimate of drug-likeness (QED) is 0.819. The van der Waals surface area contributed by atoms with Crippen LogP contribution in [0, 0.1) is 12.8 Å². The summed E-state index contributed by atoms with van der Waals surface area (Å²) in [5, 5.41) is 10.7. The molecule has 2 aliphatic carbocycles. The van der Waals surface area contributed by atoms with Crippen molar-refractivity contribution in [1.29, 1.82) is 0 Å². The van der Waals surface area contributed by atoms with Gasteiger partial charge in [-0.3, -0.25) is 4.79 Å². The Kier molecular flexibility index (Phi) is 3.98. The zero-order chi connectivity index (χ0) is 17.8. The van der Waals surface area contributed by atoms with Crippen LogP contribution in [0.5, 0.6) is 0 Å². The summed E-state index contributed by atoms with van der Waals surface area (Å²) < 4.78 is 28.1. The summed E-state index contributed by atoms with van der Waals surface area (Å²) in [5.41, 5.74) is -0.720. The maximum Gasteiger partial charge on any atom is 0.241 e. The number of Topliss-reactive ketones (excluding diaryl/α,β-unsaturated/α-hetero) is 1. The van der Waals surface area contributed by atoms with Gasteiger partial charge in [-0.25, -0.2) is 13.1 Å². The van der Waals surface area contributed by atoms with E-state index in [1.807, 2.05) is 6.92 Å². The van der Waals surface area contributed by atoms with Crippen molar-refractivity contribution < 1.29 is 18.3 Å². The Bertz CT molecular complexity index is 812. The van der Waals surface area contributed by atoms with Crippen molar-refractivity contribution in [2.45, 2.75) is 56.1 Å². The van der Waals surface area contributed by atoms with E-state index in [0.717, 1.165) is 5.56 Å². The second-order valence-electron chi connectivity index (χ2n) is 7.29. The number of carbonyl (C=O) groups is 1. The van der Waals surface area contributed by atoms with Gasteiger partial charge in [0.25, 0.3) is 0 Å². The van der Waals surface area contributed by atoms with Crippen LogP contribution in [0.4, 0.5) is 0 Å². The molecule has 1 aromatic carbocycles. The molecule has 0 heterocycles. The molecule has 0 bridgehead atoms. The van der Waals surface area contributed by atoms with Crippen LogP contribution < -0.4 is 4.72 Å². The summed E-state index contributed by atoms with van der Waals surface area (Å²) in [6.45, 7) is 5.40. The van der Waals surface area contributed by atoms with E-state index in [9.17, 15) is 18.3 Å². The molecule has 2 aliphatic rings. The van der Waals surface area contributed by atoms with Gasteiger partial charge in [0.05, 0.1) is 4.90 Å². The molecule has 1 unspecified atom stereocenters. The van der Waals surface area contributed by atoms with Gasteiger partial charge in [-0.15, -0.1) is 0 Å². The van der Waals surface area contributed by atoms with Crippen LogP contribution in [0.2, 0.25) is 0 Å². The number of aryl methyl sites for hydroxylation is 1. The second kappa shape index (κ2) is 5.51. The van der Waals surface area contributed by atoms with Crippen molar-refractivity contribution in [3.8, 4) is 0 Å². The van der Waals surface area contributed by atoms with Gasteiger partial charge in [0.15, 0.2) is 5.78 Å². The Hall–Kier alpha value is -1.50. The number of rotatable bonds is 3. The van der Waals surface area contributed by atoms with Crippen LogP contribution >= 0.6 is 0 Å². The van der Waals surface area contributed by atoms with E-state index in [2.05, 4.69) is 4.72 Å². The minimum atomic E-state index is -3.68. The number of aliphatic hydroxyl groups is 1. The first-order valence-electron chi connectivity index (χ1n) is 8.13. The first-order chi connectivity index (χ1) is 11.1. The summed E-state index contributed by atoms with van der Waals surface area (Å²) in [5.74, 6) is -0.412. The highest BCUT2D eigenvalue weighted by molar-refractivity contribution is 7.89. The second-order valence-corrected chi connectivity index (χ2v) is 8.98. The van der Waals surface area contributed by atoms with Crippen molar-refractivity contribution in [3.05, 3.63) is 41.5 Å². The Morgan fingerprint density at radius 3 is 2.46 bits per heavy atom. The molecule has 1 saturated carbocycles. The zero-order valence-corrected chi connectivity index (χ0v) is 15.0. The molecule has 2 N–H and O–H groups in total. The summed E-state index contributed by atoms with van der Waals surface area (Å²) in [4.78, 5) is 12.3. The summed E-state index contributed by atoms with van der Waals surface area (Å²) in [6, 6.07) is 6.67. The average Bonchev–Trinajstić information content (AvgIpc) is 2.76. The van der Waals surface area contributed by atoms with Gasteiger partial charge in [-0.2, -0.15) is 0 Å². The number of hydrogen-bond acceptors (Lipinski definition) is 4. The van der Waals surface area contributed by atoms with Crippen molar-refractivity contribution in [3.63, 3.8) is 0 Å². The highest BCUT2D eigenvalue weighted by Gasteiger charge is 2.54. The number of fused-ring (bicyclic) bond motifs is 1. The number of hydrogen-bond donors (Lipinski definition) is 2. The van der Waals surface area contributed by atoms with E-state index < -0.39 is 21.2 Å². The van der Waals surface area contributed by atoms with Crippen LogP contribution in [-0.2, 0) is 14.8 Å². The fraction of sp³-hybridized carbons (Fsp3) is 0.500. The van der Waals surface area contributed by atoms with E-state index >= 15 is 0 Å². The van der Waals surface area contributed by atoms with Crippen LogP contribution in [0.3, 0.4) is 0 Å². The van der Waals surface area contributed by atoms with Crippen molar-refractivity contribution >= 4 is 15.8 Å². The molecule has 5 nitrogen and oxygen atoms in total. The van der Waals surface area contributed by atoms with E-state index in [-0.39, 0.29) is 16.6 Å². The van der Waals surface area contributed by atoms with Crippen molar-refractivity contribution in [2.75, 3.05) is 0 Å². The molecule has 0 saturated heterocycles. The average molecular weight is 349 g/mol. The van der Waals surface area contributed by atoms with Gasteiger partial charge in [0, 0.05) is 17.9 Å². The number of ketones is 1. The third kappa shape index (κ3) is 2.72. The molecule has 0 spiro atoms. The first kappa shape index (κ1) is 17.3. The largest absolute Gasteiger partial charge is 0.377 e. The molecular weight excluding hydrogens is 326 g/mol. The SMILES string of the molecule is CC1=C[C@](C)(NS(=O)(=O)c2ccc(C)cc2)CC2CCC(=O)[C@@]12O. The van der Waals surface area contributed by atoms with Gasteiger partial charge in [-0.05, 0) is 51.3 Å². The van der Waals surface area contributed by atoms with Crippen molar-refractivity contribution in [1.82, 2.24) is 4.72 Å². The zero-order valence-electron chi connectivity index (χ0n) is 14.2. The molecule has 24 heavy (non-hydrogen) atoms. The van der Waals surface area contributed by atoms with Gasteiger partial charge < -0.3 is 5.11 Å². The lowest BCUT2D eigenvalue weighted by molar-refractivity contribution is -0.133. The minimum Gasteiger partial charge on any atom is -0.377 e. The standard InChI is InChI=1S/C18H23NO4S/c1-12-4-7-15(8-5-12)24(22,23)19-17(3)10-13(2)18(21)14(11-17)6-9-16(18)20/h4-5,7-8,10,14,19,21H,6,9,11H2,1-3H3/t14?,17-,18+/m0/s1. The Morgan fingerprint density at radius 2 is 1.83 bits per heavy atom. The van der Waals surface area contributed by atoms with Gasteiger partial charge in [0.2, 0.25) is 10.0 Å². The molecule has 1 fully saturated rings.